The molecular formula is C43H51F3N8O4. The zero-order valence-electron chi connectivity index (χ0n) is 32.6. The van der Waals surface area contributed by atoms with Crippen LogP contribution in [0.3, 0.4) is 0 Å². The van der Waals surface area contributed by atoms with Crippen LogP contribution >= 0.6 is 0 Å². The van der Waals surface area contributed by atoms with E-state index in [-0.39, 0.29) is 41.9 Å². The molecule has 3 saturated heterocycles. The number of imide groups is 1. The Balaban J connectivity index is 0.867. The molecule has 4 fully saturated rings. The number of hydrogen-bond donors (Lipinski definition) is 3. The Morgan fingerprint density at radius 3 is 2.34 bits per heavy atom. The quantitative estimate of drug-likeness (QED) is 0.166. The molecule has 58 heavy (non-hydrogen) atoms. The van der Waals surface area contributed by atoms with Crippen LogP contribution in [0.15, 0.2) is 60.9 Å². The summed E-state index contributed by atoms with van der Waals surface area (Å²) < 4.78 is 42.3. The highest BCUT2D eigenvalue weighted by Gasteiger charge is 2.33. The summed E-state index contributed by atoms with van der Waals surface area (Å²) in [7, 11) is 0. The van der Waals surface area contributed by atoms with E-state index in [9.17, 15) is 32.7 Å². The van der Waals surface area contributed by atoms with E-state index in [1.54, 1.807) is 6.20 Å². The summed E-state index contributed by atoms with van der Waals surface area (Å²) >= 11 is 0. The van der Waals surface area contributed by atoms with Crippen LogP contribution < -0.4 is 15.5 Å². The summed E-state index contributed by atoms with van der Waals surface area (Å²) in [5.41, 5.74) is 3.62. The number of halogens is 3. The molecule has 5 heterocycles. The summed E-state index contributed by atoms with van der Waals surface area (Å²) in [5.74, 6) is -0.291. The first kappa shape index (κ1) is 39.9. The van der Waals surface area contributed by atoms with Crippen molar-refractivity contribution in [2.45, 2.75) is 76.0 Å². The van der Waals surface area contributed by atoms with Gasteiger partial charge in [0.05, 0.1) is 34.4 Å². The third-order valence-electron chi connectivity index (χ3n) is 12.6. The van der Waals surface area contributed by atoms with E-state index < -0.39 is 17.6 Å². The Labute approximate surface area is 335 Å². The second-order valence-corrected chi connectivity index (χ2v) is 16.5. The molecule has 3 N–H and O–H groups in total. The van der Waals surface area contributed by atoms with Crippen molar-refractivity contribution in [1.29, 1.82) is 0 Å². The van der Waals surface area contributed by atoms with Gasteiger partial charge in [0.1, 0.15) is 0 Å². The first-order valence-electron chi connectivity index (χ1n) is 20.6. The monoisotopic (exact) mass is 800 g/mol. The lowest BCUT2D eigenvalue weighted by Gasteiger charge is -2.39. The fourth-order valence-corrected chi connectivity index (χ4v) is 9.24. The van der Waals surface area contributed by atoms with Crippen molar-refractivity contribution < 1.29 is 32.7 Å². The molecule has 1 unspecified atom stereocenters. The van der Waals surface area contributed by atoms with Gasteiger partial charge in [-0.3, -0.25) is 34.9 Å². The number of hydrogen-bond acceptors (Lipinski definition) is 9. The summed E-state index contributed by atoms with van der Waals surface area (Å²) in [6, 6.07) is 12.7. The van der Waals surface area contributed by atoms with Gasteiger partial charge in [0.15, 0.2) is 0 Å². The van der Waals surface area contributed by atoms with Crippen LogP contribution in [-0.4, -0.2) is 99.6 Å². The second-order valence-electron chi connectivity index (χ2n) is 16.5. The van der Waals surface area contributed by atoms with E-state index in [0.717, 1.165) is 131 Å². The highest BCUT2D eigenvalue weighted by Crippen LogP contribution is 2.38. The summed E-state index contributed by atoms with van der Waals surface area (Å²) in [5, 5.41) is 15.0. The fourth-order valence-electron chi connectivity index (χ4n) is 9.24. The molecule has 4 aliphatic rings. The van der Waals surface area contributed by atoms with Crippen molar-refractivity contribution in [1.82, 2.24) is 29.7 Å². The number of piperazine rings is 1. The van der Waals surface area contributed by atoms with E-state index in [4.69, 9.17) is 4.98 Å². The lowest BCUT2D eigenvalue weighted by Crippen LogP contribution is -2.48. The number of anilines is 2. The Bertz CT molecular complexity index is 2120. The van der Waals surface area contributed by atoms with Crippen LogP contribution in [0, 0.1) is 11.8 Å². The average molecular weight is 801 g/mol. The van der Waals surface area contributed by atoms with Crippen LogP contribution in [0.2, 0.25) is 0 Å². The van der Waals surface area contributed by atoms with Gasteiger partial charge in [-0.2, -0.15) is 13.2 Å². The SMILES string of the molecule is O=C1CCC(c2cncc(N3CCC(CN4CCN(Cc5ccc6c(c5)nc(NC(=O)c5cccc(C(F)(F)F)c5)n6[C@H]5CC[C@@H](CO)CC5)CC4)CC3)c2)C(=O)N1. The maximum atomic E-state index is 13.4. The number of alkyl halides is 3. The van der Waals surface area contributed by atoms with Gasteiger partial charge in [-0.1, -0.05) is 12.1 Å². The number of pyridine rings is 1. The molecule has 15 heteroatoms. The first-order valence-corrected chi connectivity index (χ1v) is 20.6. The van der Waals surface area contributed by atoms with Crippen LogP contribution in [-0.2, 0) is 22.3 Å². The van der Waals surface area contributed by atoms with Crippen molar-refractivity contribution in [3.8, 4) is 0 Å². The van der Waals surface area contributed by atoms with Crippen molar-refractivity contribution in [2.24, 2.45) is 11.8 Å². The number of piperidine rings is 2. The number of amides is 3. The van der Waals surface area contributed by atoms with Gasteiger partial charge in [-0.15, -0.1) is 0 Å². The van der Waals surface area contributed by atoms with Gasteiger partial charge in [0, 0.05) is 83.2 Å². The van der Waals surface area contributed by atoms with Gasteiger partial charge in [0.25, 0.3) is 5.91 Å². The van der Waals surface area contributed by atoms with Crippen LogP contribution in [0.1, 0.15) is 90.4 Å². The number of rotatable bonds is 10. The van der Waals surface area contributed by atoms with E-state index in [1.807, 2.05) is 16.8 Å². The second kappa shape index (κ2) is 17.2. The molecule has 2 aromatic carbocycles. The van der Waals surface area contributed by atoms with Crippen LogP contribution in [0.5, 0.6) is 0 Å². The highest BCUT2D eigenvalue weighted by molar-refractivity contribution is 6.04. The minimum Gasteiger partial charge on any atom is -0.396 e. The molecule has 1 saturated carbocycles. The average Bonchev–Trinajstić information content (AvgIpc) is 3.58. The first-order chi connectivity index (χ1) is 28.0. The van der Waals surface area contributed by atoms with Gasteiger partial charge < -0.3 is 19.5 Å². The van der Waals surface area contributed by atoms with Crippen molar-refractivity contribution in [2.75, 3.05) is 62.6 Å². The van der Waals surface area contributed by atoms with E-state index in [1.165, 1.54) is 12.1 Å². The number of imidazole rings is 1. The molecule has 12 nitrogen and oxygen atoms in total. The fraction of sp³-hybridized carbons (Fsp3) is 0.512. The number of aliphatic hydroxyl groups is 1. The van der Waals surface area contributed by atoms with Crippen LogP contribution in [0.4, 0.5) is 24.8 Å². The number of nitrogens with one attached hydrogen (secondary N) is 2. The van der Waals surface area contributed by atoms with E-state index >= 15 is 0 Å². The highest BCUT2D eigenvalue weighted by atomic mass is 19.4. The molecule has 0 bridgehead atoms. The lowest BCUT2D eigenvalue weighted by atomic mass is 9.86. The molecule has 1 aliphatic carbocycles. The van der Waals surface area contributed by atoms with E-state index in [2.05, 4.69) is 48.5 Å². The zero-order valence-corrected chi connectivity index (χ0v) is 32.6. The number of benzene rings is 2. The van der Waals surface area contributed by atoms with Gasteiger partial charge in [0.2, 0.25) is 17.8 Å². The summed E-state index contributed by atoms with van der Waals surface area (Å²) in [6.07, 6.45) is 5.34. The summed E-state index contributed by atoms with van der Waals surface area (Å²) in [4.78, 5) is 54.0. The van der Waals surface area contributed by atoms with Gasteiger partial charge in [-0.25, -0.2) is 4.98 Å². The topological polar surface area (TPSA) is 136 Å². The largest absolute Gasteiger partial charge is 0.416 e. The minimum absolute atomic E-state index is 0.0315. The number of carbonyl (C=O) groups is 3. The van der Waals surface area contributed by atoms with Gasteiger partial charge in [-0.05, 0) is 104 Å². The maximum Gasteiger partial charge on any atom is 0.416 e. The van der Waals surface area contributed by atoms with E-state index in [0.29, 0.717) is 24.7 Å². The molecule has 0 spiro atoms. The standard InChI is InChI=1S/C43H51F3N8O4/c44-43(45,46)33-3-1-2-31(21-33)40(57)50-42-48-37-20-30(6-10-38(37)54(42)34-7-4-29(27-55)5-8-34)26-52-18-16-51(17-19-52)25-28-12-14-53(15-13-28)35-22-32(23-47-24-35)36-9-11-39(56)49-41(36)58/h1-3,6,10,20-24,28-29,34,36,55H,4-5,7-9,11-19,25-27H2,(H,48,50,57)(H,49,56,58)/t29-,34+,36?. The molecule has 2 aromatic heterocycles. The molecule has 4 aromatic rings. The predicted octanol–water partition coefficient (Wildman–Crippen LogP) is 5.98. The Kier molecular flexibility index (Phi) is 11.8. The maximum absolute atomic E-state index is 13.4. The van der Waals surface area contributed by atoms with Crippen LogP contribution in [0.25, 0.3) is 11.0 Å². The Morgan fingerprint density at radius 2 is 1.62 bits per heavy atom. The van der Waals surface area contributed by atoms with Crippen molar-refractivity contribution in [3.63, 3.8) is 0 Å². The number of nitrogens with zero attached hydrogens (tertiary/aromatic N) is 6. The minimum atomic E-state index is -4.56. The molecule has 3 aliphatic heterocycles. The molecule has 8 rings (SSSR count). The third-order valence-corrected chi connectivity index (χ3v) is 12.6. The number of fused-ring (bicyclic) bond motifs is 1. The smallest absolute Gasteiger partial charge is 0.396 e. The predicted molar refractivity (Wildman–Crippen MR) is 213 cm³/mol. The Hall–Kier alpha value is -4.86. The molecule has 0 radical (unpaired) electrons. The number of aliphatic hydroxyl groups excluding tert-OH is 1. The Morgan fingerprint density at radius 1 is 0.862 bits per heavy atom. The molecule has 308 valence electrons. The number of carbonyl (C=O) groups excluding carboxylic acids is 3. The normalized spacial score (nSPS) is 23.0. The molecular weight excluding hydrogens is 750 g/mol. The molecule has 1 atom stereocenters. The number of aromatic nitrogens is 3. The van der Waals surface area contributed by atoms with Gasteiger partial charge >= 0.3 is 6.18 Å². The van der Waals surface area contributed by atoms with Crippen molar-refractivity contribution in [3.05, 3.63) is 83.2 Å². The van der Waals surface area contributed by atoms with Crippen molar-refractivity contribution >= 4 is 40.4 Å². The zero-order chi connectivity index (χ0) is 40.4. The summed E-state index contributed by atoms with van der Waals surface area (Å²) in [6.45, 7) is 7.68. The third kappa shape index (κ3) is 9.06. The lowest BCUT2D eigenvalue weighted by molar-refractivity contribution is -0.138. The molecule has 3 amide bonds.